The summed E-state index contributed by atoms with van der Waals surface area (Å²) in [5.41, 5.74) is -0.847. The summed E-state index contributed by atoms with van der Waals surface area (Å²) in [4.78, 5) is 1.29. The number of hydrogen-bond donors (Lipinski definition) is 1. The monoisotopic (exact) mass is 405 g/mol. The van der Waals surface area contributed by atoms with E-state index in [0.29, 0.717) is 6.42 Å². The van der Waals surface area contributed by atoms with E-state index < -0.39 is 30.1 Å². The summed E-state index contributed by atoms with van der Waals surface area (Å²) in [5, 5.41) is 20.0. The van der Waals surface area contributed by atoms with E-state index in [-0.39, 0.29) is 35.2 Å². The molecule has 12 heteroatoms. The number of aliphatic hydroxyl groups excluding tert-OH is 1. The SMILES string of the molecule is O[C@H]([C@H]1CCCN1c1ccc2c(c1)c(C(F)(F)F)cc1nnnn12)C(F)(F)F. The van der Waals surface area contributed by atoms with Crippen LogP contribution < -0.4 is 4.90 Å². The van der Waals surface area contributed by atoms with E-state index in [1.54, 1.807) is 0 Å². The topological polar surface area (TPSA) is 66.5 Å². The molecule has 28 heavy (non-hydrogen) atoms. The van der Waals surface area contributed by atoms with Crippen molar-refractivity contribution in [3.63, 3.8) is 0 Å². The van der Waals surface area contributed by atoms with Crippen molar-refractivity contribution in [2.75, 3.05) is 11.4 Å². The molecule has 0 radical (unpaired) electrons. The zero-order chi connectivity index (χ0) is 20.3. The number of aliphatic hydroxyl groups is 1. The summed E-state index contributed by atoms with van der Waals surface area (Å²) < 4.78 is 80.6. The van der Waals surface area contributed by atoms with Crippen LogP contribution in [0, 0.1) is 0 Å². The number of anilines is 1. The average molecular weight is 405 g/mol. The molecule has 1 saturated heterocycles. The minimum atomic E-state index is -4.82. The number of alkyl halides is 6. The largest absolute Gasteiger partial charge is 0.417 e. The first-order chi connectivity index (χ1) is 13.1. The minimum Gasteiger partial charge on any atom is -0.382 e. The molecular weight excluding hydrogens is 392 g/mol. The first-order valence-corrected chi connectivity index (χ1v) is 8.31. The van der Waals surface area contributed by atoms with Gasteiger partial charge in [0.15, 0.2) is 11.8 Å². The minimum absolute atomic E-state index is 0.0747. The van der Waals surface area contributed by atoms with Crippen molar-refractivity contribution in [3.8, 4) is 0 Å². The molecule has 0 unspecified atom stereocenters. The maximum atomic E-state index is 13.5. The van der Waals surface area contributed by atoms with Crippen molar-refractivity contribution in [2.45, 2.75) is 37.3 Å². The average Bonchev–Trinajstić information content (AvgIpc) is 3.27. The number of rotatable bonds is 2. The van der Waals surface area contributed by atoms with Gasteiger partial charge < -0.3 is 10.0 Å². The number of halogens is 6. The van der Waals surface area contributed by atoms with Crippen LogP contribution in [0.3, 0.4) is 0 Å². The van der Waals surface area contributed by atoms with Gasteiger partial charge in [-0.15, -0.1) is 5.10 Å². The van der Waals surface area contributed by atoms with Gasteiger partial charge in [-0.3, -0.25) is 0 Å². The number of hydrogen-bond acceptors (Lipinski definition) is 5. The fraction of sp³-hybridized carbons (Fsp3) is 0.438. The highest BCUT2D eigenvalue weighted by Crippen LogP contribution is 2.39. The van der Waals surface area contributed by atoms with Gasteiger partial charge in [-0.1, -0.05) is 0 Å². The zero-order valence-corrected chi connectivity index (χ0v) is 14.0. The predicted octanol–water partition coefficient (Wildman–Crippen LogP) is 3.19. The predicted molar refractivity (Wildman–Crippen MR) is 85.7 cm³/mol. The lowest BCUT2D eigenvalue weighted by Crippen LogP contribution is -2.47. The van der Waals surface area contributed by atoms with Crippen LogP contribution >= 0.6 is 0 Å². The summed E-state index contributed by atoms with van der Waals surface area (Å²) in [7, 11) is 0. The van der Waals surface area contributed by atoms with Gasteiger partial charge in [0, 0.05) is 17.6 Å². The van der Waals surface area contributed by atoms with Crippen LogP contribution in [0.5, 0.6) is 0 Å². The van der Waals surface area contributed by atoms with Gasteiger partial charge in [0.25, 0.3) is 0 Å². The van der Waals surface area contributed by atoms with Crippen molar-refractivity contribution < 1.29 is 31.4 Å². The Morgan fingerprint density at radius 1 is 1.11 bits per heavy atom. The lowest BCUT2D eigenvalue weighted by atomic mass is 10.0. The molecule has 0 bridgehead atoms. The van der Waals surface area contributed by atoms with Crippen molar-refractivity contribution in [1.29, 1.82) is 0 Å². The summed E-state index contributed by atoms with van der Waals surface area (Å²) in [6, 6.07) is 3.44. The molecule has 0 spiro atoms. The summed E-state index contributed by atoms with van der Waals surface area (Å²) in [6.45, 7) is 0.192. The number of pyridine rings is 1. The third kappa shape index (κ3) is 3.01. The Morgan fingerprint density at radius 3 is 2.54 bits per heavy atom. The van der Waals surface area contributed by atoms with E-state index in [9.17, 15) is 31.4 Å². The third-order valence-electron chi connectivity index (χ3n) is 4.90. The normalized spacial score (nSPS) is 19.7. The van der Waals surface area contributed by atoms with Crippen LogP contribution in [0.15, 0.2) is 24.3 Å². The number of tetrazole rings is 1. The number of benzene rings is 1. The second-order valence-electron chi connectivity index (χ2n) is 6.60. The summed E-state index contributed by atoms with van der Waals surface area (Å²) in [6.07, 6.45) is -11.7. The van der Waals surface area contributed by atoms with E-state index in [0.717, 1.165) is 10.6 Å². The second-order valence-corrected chi connectivity index (χ2v) is 6.60. The van der Waals surface area contributed by atoms with E-state index in [1.807, 2.05) is 0 Å². The number of aromatic nitrogens is 4. The molecule has 6 nitrogen and oxygen atoms in total. The standard InChI is InChI=1S/C16H13F6N5O/c17-15(18,19)10-7-13-23-24-25-27(13)11-4-3-8(6-9(10)11)26-5-1-2-12(26)14(28)16(20,21)22/h3-4,6-7,12,14,28H,1-2,5H2/t12-,14-/m1/s1. The fourth-order valence-electron chi connectivity index (χ4n) is 3.66. The van der Waals surface area contributed by atoms with Crippen LogP contribution in [0.2, 0.25) is 0 Å². The van der Waals surface area contributed by atoms with Gasteiger partial charge in [0.05, 0.1) is 17.1 Å². The molecule has 1 aromatic carbocycles. The van der Waals surface area contributed by atoms with Gasteiger partial charge in [-0.25, -0.2) is 0 Å². The molecule has 3 heterocycles. The molecule has 1 fully saturated rings. The number of nitrogens with zero attached hydrogens (tertiary/aromatic N) is 5. The lowest BCUT2D eigenvalue weighted by Gasteiger charge is -2.31. The Balaban J connectivity index is 1.86. The van der Waals surface area contributed by atoms with Gasteiger partial charge >= 0.3 is 12.4 Å². The molecule has 150 valence electrons. The van der Waals surface area contributed by atoms with Crippen LogP contribution in [0.4, 0.5) is 32.0 Å². The molecule has 2 atom stereocenters. The smallest absolute Gasteiger partial charge is 0.382 e. The maximum absolute atomic E-state index is 13.5. The molecular formula is C16H13F6N5O. The van der Waals surface area contributed by atoms with Gasteiger partial charge in [0.1, 0.15) is 0 Å². The van der Waals surface area contributed by atoms with Gasteiger partial charge in [-0.2, -0.15) is 30.9 Å². The van der Waals surface area contributed by atoms with E-state index in [1.165, 1.54) is 23.1 Å². The first-order valence-electron chi connectivity index (χ1n) is 8.31. The van der Waals surface area contributed by atoms with Crippen molar-refractivity contribution in [1.82, 2.24) is 20.0 Å². The van der Waals surface area contributed by atoms with Crippen LogP contribution in [0.1, 0.15) is 18.4 Å². The van der Waals surface area contributed by atoms with Crippen LogP contribution in [-0.4, -0.2) is 50.0 Å². The van der Waals surface area contributed by atoms with Crippen LogP contribution in [0.25, 0.3) is 16.6 Å². The molecule has 0 amide bonds. The Labute approximate surface area is 153 Å². The number of fused-ring (bicyclic) bond motifs is 3. The second kappa shape index (κ2) is 6.19. The zero-order valence-electron chi connectivity index (χ0n) is 14.0. The van der Waals surface area contributed by atoms with Crippen molar-refractivity contribution >= 4 is 22.2 Å². The summed E-state index contributed by atoms with van der Waals surface area (Å²) >= 11 is 0. The van der Waals surface area contributed by atoms with E-state index >= 15 is 0 Å². The molecule has 1 N–H and O–H groups in total. The van der Waals surface area contributed by atoms with E-state index in [4.69, 9.17) is 0 Å². The molecule has 1 aliphatic rings. The van der Waals surface area contributed by atoms with Crippen molar-refractivity contribution in [2.24, 2.45) is 0 Å². The quantitative estimate of drug-likeness (QED) is 0.664. The Morgan fingerprint density at radius 2 is 1.86 bits per heavy atom. The highest BCUT2D eigenvalue weighted by atomic mass is 19.4. The molecule has 2 aromatic heterocycles. The Bertz CT molecular complexity index is 1030. The van der Waals surface area contributed by atoms with E-state index in [2.05, 4.69) is 15.5 Å². The Hall–Kier alpha value is -2.63. The maximum Gasteiger partial charge on any atom is 0.417 e. The van der Waals surface area contributed by atoms with Gasteiger partial charge in [-0.05, 0) is 47.5 Å². The molecule has 3 aromatic rings. The lowest BCUT2D eigenvalue weighted by molar-refractivity contribution is -0.209. The van der Waals surface area contributed by atoms with Crippen molar-refractivity contribution in [3.05, 3.63) is 29.8 Å². The molecule has 0 aliphatic carbocycles. The molecule has 4 rings (SSSR count). The van der Waals surface area contributed by atoms with Crippen LogP contribution in [-0.2, 0) is 6.18 Å². The fourth-order valence-corrected chi connectivity index (χ4v) is 3.66. The third-order valence-corrected chi connectivity index (χ3v) is 4.90. The first kappa shape index (κ1) is 18.7. The van der Waals surface area contributed by atoms with Gasteiger partial charge in [0.2, 0.25) is 0 Å². The highest BCUT2D eigenvalue weighted by molar-refractivity contribution is 5.88. The highest BCUT2D eigenvalue weighted by Gasteiger charge is 2.47. The summed E-state index contributed by atoms with van der Waals surface area (Å²) in [5.74, 6) is 0. The molecule has 0 saturated carbocycles. The Kier molecular flexibility index (Phi) is 4.14. The molecule has 1 aliphatic heterocycles.